The number of carbonyl (C=O) groups is 2. The first-order valence-corrected chi connectivity index (χ1v) is 6.49. The van der Waals surface area contributed by atoms with E-state index in [1.54, 1.807) is 31.5 Å². The maximum Gasteiger partial charge on any atom is 0.358 e. The van der Waals surface area contributed by atoms with Gasteiger partial charge in [0.25, 0.3) is 0 Å². The van der Waals surface area contributed by atoms with E-state index in [4.69, 9.17) is 9.57 Å². The molecule has 0 aromatic carbocycles. The molecule has 0 heterocycles. The minimum atomic E-state index is -0.399. The van der Waals surface area contributed by atoms with Crippen molar-refractivity contribution in [3.8, 4) is 0 Å². The smallest absolute Gasteiger partial charge is 0.358 e. The van der Waals surface area contributed by atoms with Gasteiger partial charge in [0.1, 0.15) is 0 Å². The molecule has 0 bridgehead atoms. The quantitative estimate of drug-likeness (QED) is 0.796. The second-order valence-electron chi connectivity index (χ2n) is 4.56. The van der Waals surface area contributed by atoms with Crippen LogP contribution in [0.15, 0.2) is 47.4 Å². The van der Waals surface area contributed by atoms with Gasteiger partial charge in [-0.25, -0.2) is 10.3 Å². The summed E-state index contributed by atoms with van der Waals surface area (Å²) < 4.78 is 5.09. The number of hydroxylamine groups is 1. The number of rotatable bonds is 4. The van der Waals surface area contributed by atoms with Crippen molar-refractivity contribution in [2.75, 3.05) is 7.11 Å². The molecule has 0 amide bonds. The number of hydrogen-bond acceptors (Lipinski definition) is 5. The SMILES string of the molecule is COC1=CC=C(C(=O)ONC=C2C=CC(=O)CC2)CC1. The number of ether oxygens (including phenoxy) is 1. The Hall–Kier alpha value is -2.30. The van der Waals surface area contributed by atoms with E-state index in [-0.39, 0.29) is 5.78 Å². The van der Waals surface area contributed by atoms with Gasteiger partial charge >= 0.3 is 5.97 Å². The molecule has 0 aliphatic heterocycles. The van der Waals surface area contributed by atoms with Crippen molar-refractivity contribution in [2.45, 2.75) is 25.7 Å². The highest BCUT2D eigenvalue weighted by Gasteiger charge is 2.15. The molecule has 1 N–H and O–H groups in total. The van der Waals surface area contributed by atoms with Crippen LogP contribution in [0, 0.1) is 0 Å². The van der Waals surface area contributed by atoms with Crippen molar-refractivity contribution in [1.29, 1.82) is 0 Å². The van der Waals surface area contributed by atoms with Gasteiger partial charge in [0.05, 0.1) is 12.9 Å². The normalized spacial score (nSPS) is 20.2. The van der Waals surface area contributed by atoms with Crippen LogP contribution in [-0.2, 0) is 19.2 Å². The van der Waals surface area contributed by atoms with Crippen LogP contribution in [0.2, 0.25) is 0 Å². The van der Waals surface area contributed by atoms with E-state index in [9.17, 15) is 9.59 Å². The van der Waals surface area contributed by atoms with Gasteiger partial charge in [0.2, 0.25) is 0 Å². The van der Waals surface area contributed by atoms with E-state index in [0.29, 0.717) is 31.3 Å². The second kappa shape index (κ2) is 6.75. The van der Waals surface area contributed by atoms with Gasteiger partial charge < -0.3 is 9.57 Å². The van der Waals surface area contributed by atoms with Crippen molar-refractivity contribution in [1.82, 2.24) is 5.48 Å². The molecule has 5 nitrogen and oxygen atoms in total. The molecule has 0 aromatic rings. The lowest BCUT2D eigenvalue weighted by molar-refractivity contribution is -0.144. The largest absolute Gasteiger partial charge is 0.501 e. The summed E-state index contributed by atoms with van der Waals surface area (Å²) in [6.07, 6.45) is 10.8. The second-order valence-corrected chi connectivity index (χ2v) is 4.56. The monoisotopic (exact) mass is 275 g/mol. The zero-order chi connectivity index (χ0) is 14.4. The predicted octanol–water partition coefficient (Wildman–Crippen LogP) is 2.09. The number of nitrogens with one attached hydrogen (secondary N) is 1. The van der Waals surface area contributed by atoms with Crippen molar-refractivity contribution in [3.63, 3.8) is 0 Å². The first-order valence-electron chi connectivity index (χ1n) is 6.49. The van der Waals surface area contributed by atoms with Gasteiger partial charge in [-0.1, -0.05) is 6.08 Å². The average Bonchev–Trinajstić information content (AvgIpc) is 2.49. The Kier molecular flexibility index (Phi) is 4.76. The number of methoxy groups -OCH3 is 1. The molecule has 5 heteroatoms. The van der Waals surface area contributed by atoms with E-state index in [2.05, 4.69) is 5.48 Å². The van der Waals surface area contributed by atoms with Gasteiger partial charge in [-0.15, -0.1) is 0 Å². The molecule has 0 saturated carbocycles. The molecule has 2 aliphatic rings. The van der Waals surface area contributed by atoms with Gasteiger partial charge in [0.15, 0.2) is 5.78 Å². The summed E-state index contributed by atoms with van der Waals surface area (Å²) >= 11 is 0. The van der Waals surface area contributed by atoms with Crippen molar-refractivity contribution >= 4 is 11.8 Å². The van der Waals surface area contributed by atoms with E-state index < -0.39 is 5.97 Å². The average molecular weight is 275 g/mol. The number of allylic oxidation sites excluding steroid dienone is 6. The fourth-order valence-electron chi connectivity index (χ4n) is 1.94. The first-order chi connectivity index (χ1) is 9.69. The molecule has 0 atom stereocenters. The Morgan fingerprint density at radius 3 is 2.65 bits per heavy atom. The summed E-state index contributed by atoms with van der Waals surface area (Å²) in [4.78, 5) is 27.7. The van der Waals surface area contributed by atoms with Gasteiger partial charge in [0, 0.05) is 24.6 Å². The molecule has 20 heavy (non-hydrogen) atoms. The van der Waals surface area contributed by atoms with Crippen LogP contribution in [0.3, 0.4) is 0 Å². The third-order valence-electron chi connectivity index (χ3n) is 3.17. The molecular weight excluding hydrogens is 258 g/mol. The molecule has 0 saturated heterocycles. The minimum absolute atomic E-state index is 0.118. The third-order valence-corrected chi connectivity index (χ3v) is 3.17. The summed E-state index contributed by atoms with van der Waals surface area (Å²) in [5.74, 6) is 0.574. The van der Waals surface area contributed by atoms with Crippen LogP contribution in [-0.4, -0.2) is 18.9 Å². The summed E-state index contributed by atoms with van der Waals surface area (Å²) in [5.41, 5.74) is 4.06. The summed E-state index contributed by atoms with van der Waals surface area (Å²) in [5, 5.41) is 0. The fourth-order valence-corrected chi connectivity index (χ4v) is 1.94. The van der Waals surface area contributed by atoms with Crippen LogP contribution in [0.25, 0.3) is 0 Å². The number of hydrogen-bond donors (Lipinski definition) is 1. The van der Waals surface area contributed by atoms with Gasteiger partial charge in [-0.2, -0.15) is 0 Å². The number of carbonyl (C=O) groups excluding carboxylic acids is 2. The topological polar surface area (TPSA) is 64.6 Å². The van der Waals surface area contributed by atoms with Gasteiger partial charge in [-0.3, -0.25) is 4.79 Å². The zero-order valence-corrected chi connectivity index (χ0v) is 11.3. The lowest BCUT2D eigenvalue weighted by atomic mass is 10.0. The van der Waals surface area contributed by atoms with E-state index >= 15 is 0 Å². The maximum absolute atomic E-state index is 11.8. The molecule has 0 unspecified atom stereocenters. The van der Waals surface area contributed by atoms with Crippen LogP contribution in [0.4, 0.5) is 0 Å². The van der Waals surface area contributed by atoms with Crippen molar-refractivity contribution in [3.05, 3.63) is 47.4 Å². The maximum atomic E-state index is 11.8. The molecule has 0 fully saturated rings. The Morgan fingerprint density at radius 2 is 2.05 bits per heavy atom. The van der Waals surface area contributed by atoms with E-state index in [0.717, 1.165) is 11.3 Å². The highest BCUT2D eigenvalue weighted by molar-refractivity contribution is 5.91. The molecular formula is C15H17NO4. The lowest BCUT2D eigenvalue weighted by Gasteiger charge is -2.13. The molecule has 0 spiro atoms. The highest BCUT2D eigenvalue weighted by atomic mass is 16.7. The summed E-state index contributed by atoms with van der Waals surface area (Å²) in [6.45, 7) is 0. The Bertz CT molecular complexity index is 526. The van der Waals surface area contributed by atoms with Crippen LogP contribution in [0.1, 0.15) is 25.7 Å². The van der Waals surface area contributed by atoms with Crippen molar-refractivity contribution in [2.24, 2.45) is 0 Å². The molecule has 0 aromatic heterocycles. The van der Waals surface area contributed by atoms with E-state index in [1.807, 2.05) is 0 Å². The number of ketones is 1. The summed E-state index contributed by atoms with van der Waals surface area (Å²) in [6, 6.07) is 0. The molecule has 0 radical (unpaired) electrons. The molecule has 2 rings (SSSR count). The lowest BCUT2D eigenvalue weighted by Crippen LogP contribution is -2.18. The standard InChI is InChI=1S/C15H17NO4/c1-19-14-8-4-12(5-9-14)15(18)20-16-10-11-2-6-13(17)7-3-11/h2,4,6,8,10,16H,3,5,7,9H2,1H3. The van der Waals surface area contributed by atoms with Crippen LogP contribution < -0.4 is 5.48 Å². The summed E-state index contributed by atoms with van der Waals surface area (Å²) in [7, 11) is 1.61. The van der Waals surface area contributed by atoms with Crippen LogP contribution in [0.5, 0.6) is 0 Å². The molecule has 106 valence electrons. The minimum Gasteiger partial charge on any atom is -0.501 e. The third kappa shape index (κ3) is 3.85. The zero-order valence-electron chi connectivity index (χ0n) is 11.3. The fraction of sp³-hybridized carbons (Fsp3) is 0.333. The van der Waals surface area contributed by atoms with Crippen LogP contribution >= 0.6 is 0 Å². The first kappa shape index (κ1) is 14.1. The Morgan fingerprint density at radius 1 is 1.20 bits per heavy atom. The van der Waals surface area contributed by atoms with Crippen molar-refractivity contribution < 1.29 is 19.2 Å². The Labute approximate surface area is 117 Å². The van der Waals surface area contributed by atoms with Gasteiger partial charge in [-0.05, 0) is 36.6 Å². The Balaban J connectivity index is 1.83. The highest BCUT2D eigenvalue weighted by Crippen LogP contribution is 2.19. The predicted molar refractivity (Wildman–Crippen MR) is 73.1 cm³/mol. The van der Waals surface area contributed by atoms with E-state index in [1.165, 1.54) is 6.08 Å². The molecule has 2 aliphatic carbocycles.